The summed E-state index contributed by atoms with van der Waals surface area (Å²) in [5.74, 6) is 0.186. The van der Waals surface area contributed by atoms with Gasteiger partial charge in [0.15, 0.2) is 0 Å². The van der Waals surface area contributed by atoms with Crippen LogP contribution in [-0.4, -0.2) is 35.6 Å². The zero-order chi connectivity index (χ0) is 14.7. The minimum atomic E-state index is -0.218. The zero-order valence-electron chi connectivity index (χ0n) is 11.9. The van der Waals surface area contributed by atoms with Crippen LogP contribution in [0.2, 0.25) is 0 Å². The van der Waals surface area contributed by atoms with E-state index < -0.39 is 0 Å². The first-order valence-corrected chi connectivity index (χ1v) is 7.30. The Kier molecular flexibility index (Phi) is 4.70. The van der Waals surface area contributed by atoms with Crippen LogP contribution in [0.3, 0.4) is 0 Å². The molecule has 0 spiro atoms. The van der Waals surface area contributed by atoms with Gasteiger partial charge in [0.25, 0.3) is 11.8 Å². The Morgan fingerprint density at radius 2 is 1.80 bits per heavy atom. The molecule has 0 radical (unpaired) electrons. The average Bonchev–Trinajstić information content (AvgIpc) is 2.78. The monoisotopic (exact) mass is 278 g/mol. The summed E-state index contributed by atoms with van der Waals surface area (Å²) in [6.45, 7) is 2.76. The maximum absolute atomic E-state index is 12.1. The number of hydrogen-bond acceptors (Lipinski definition) is 4. The lowest BCUT2D eigenvalue weighted by Gasteiger charge is -2.30. The van der Waals surface area contributed by atoms with Crippen LogP contribution in [0.25, 0.3) is 0 Å². The average molecular weight is 278 g/mol. The Bertz CT molecular complexity index is 418. The van der Waals surface area contributed by atoms with Gasteiger partial charge in [-0.3, -0.25) is 19.3 Å². The zero-order valence-corrected chi connectivity index (χ0v) is 11.9. The quantitative estimate of drug-likeness (QED) is 0.757. The molecule has 1 fully saturated rings. The molecule has 2 rings (SSSR count). The van der Waals surface area contributed by atoms with Crippen LogP contribution in [0.1, 0.15) is 32.6 Å². The first-order chi connectivity index (χ1) is 9.52. The lowest BCUT2D eigenvalue weighted by Crippen LogP contribution is -2.37. The van der Waals surface area contributed by atoms with E-state index in [0.29, 0.717) is 19.0 Å². The van der Waals surface area contributed by atoms with E-state index in [2.05, 4.69) is 0 Å². The molecule has 1 unspecified atom stereocenters. The van der Waals surface area contributed by atoms with Gasteiger partial charge in [0.2, 0.25) is 0 Å². The maximum atomic E-state index is 12.1. The van der Waals surface area contributed by atoms with Crippen LogP contribution in [-0.2, 0) is 14.4 Å². The van der Waals surface area contributed by atoms with Crippen molar-refractivity contribution in [2.75, 3.05) is 13.1 Å². The molecule has 5 heteroatoms. The molecule has 2 aliphatic rings. The Hall–Kier alpha value is -1.49. The highest BCUT2D eigenvalue weighted by Gasteiger charge is 2.32. The van der Waals surface area contributed by atoms with Gasteiger partial charge in [0.1, 0.15) is 5.78 Å². The van der Waals surface area contributed by atoms with Crippen LogP contribution in [0.5, 0.6) is 0 Å². The molecule has 1 heterocycles. The summed E-state index contributed by atoms with van der Waals surface area (Å²) in [7, 11) is 0. The molecule has 1 atom stereocenters. The van der Waals surface area contributed by atoms with E-state index in [1.54, 1.807) is 0 Å². The smallest absolute Gasteiger partial charge is 0.253 e. The van der Waals surface area contributed by atoms with Gasteiger partial charge in [-0.05, 0) is 31.6 Å². The van der Waals surface area contributed by atoms with E-state index in [9.17, 15) is 14.4 Å². The molecule has 1 aliphatic carbocycles. The predicted molar refractivity (Wildman–Crippen MR) is 74.5 cm³/mol. The van der Waals surface area contributed by atoms with E-state index in [-0.39, 0.29) is 29.4 Å². The molecule has 110 valence electrons. The summed E-state index contributed by atoms with van der Waals surface area (Å²) in [4.78, 5) is 36.4. The molecule has 5 nitrogen and oxygen atoms in total. The third-order valence-electron chi connectivity index (χ3n) is 4.43. The third kappa shape index (κ3) is 3.15. The van der Waals surface area contributed by atoms with Crippen LogP contribution < -0.4 is 5.73 Å². The van der Waals surface area contributed by atoms with Crippen molar-refractivity contribution in [3.63, 3.8) is 0 Å². The number of ketones is 1. The number of hydrogen-bond donors (Lipinski definition) is 1. The molecule has 0 aromatic carbocycles. The van der Waals surface area contributed by atoms with Crippen LogP contribution in [0, 0.1) is 17.8 Å². The molecule has 2 amide bonds. The maximum Gasteiger partial charge on any atom is 0.253 e. The van der Waals surface area contributed by atoms with Gasteiger partial charge in [-0.1, -0.05) is 6.92 Å². The summed E-state index contributed by atoms with van der Waals surface area (Å²) in [5, 5.41) is 0. The molecule has 2 N–H and O–H groups in total. The Morgan fingerprint density at radius 3 is 2.30 bits per heavy atom. The van der Waals surface area contributed by atoms with Crippen molar-refractivity contribution in [3.05, 3.63) is 12.2 Å². The number of imide groups is 1. The minimum absolute atomic E-state index is 0.0671. The van der Waals surface area contributed by atoms with Crippen molar-refractivity contribution >= 4 is 17.6 Å². The summed E-state index contributed by atoms with van der Waals surface area (Å²) < 4.78 is 0. The second-order valence-electron chi connectivity index (χ2n) is 5.88. The summed E-state index contributed by atoms with van der Waals surface area (Å²) in [6.07, 6.45) is 6.12. The van der Waals surface area contributed by atoms with E-state index >= 15 is 0 Å². The van der Waals surface area contributed by atoms with Gasteiger partial charge in [-0.25, -0.2) is 0 Å². The van der Waals surface area contributed by atoms with Crippen molar-refractivity contribution in [1.82, 2.24) is 4.90 Å². The first-order valence-electron chi connectivity index (χ1n) is 7.30. The van der Waals surface area contributed by atoms with Gasteiger partial charge >= 0.3 is 0 Å². The molecule has 0 saturated heterocycles. The highest BCUT2D eigenvalue weighted by atomic mass is 16.2. The molecule has 0 aromatic heterocycles. The highest BCUT2D eigenvalue weighted by Crippen LogP contribution is 2.31. The van der Waals surface area contributed by atoms with E-state index in [0.717, 1.165) is 25.7 Å². The molecule has 0 bridgehead atoms. The van der Waals surface area contributed by atoms with Gasteiger partial charge in [0.05, 0.1) is 0 Å². The molecular weight excluding hydrogens is 256 g/mol. The first kappa shape index (κ1) is 14.9. The number of carbonyl (C=O) groups is 3. The van der Waals surface area contributed by atoms with Gasteiger partial charge in [0, 0.05) is 37.1 Å². The lowest BCUT2D eigenvalue weighted by atomic mass is 9.77. The number of Topliss-reactive ketones (excluding diaryl/α,β-unsaturated/α-hetero) is 1. The Labute approximate surface area is 119 Å². The van der Waals surface area contributed by atoms with Crippen molar-refractivity contribution in [2.24, 2.45) is 23.5 Å². The van der Waals surface area contributed by atoms with Crippen molar-refractivity contribution in [1.29, 1.82) is 0 Å². The molecule has 0 aromatic rings. The standard InChI is InChI=1S/C15H22N2O3/c1-10(8-16)15(20)12-4-2-11(3-5-12)9-17-13(18)6-7-14(17)19/h6-7,10-12H,2-5,8-9,16H2,1H3. The topological polar surface area (TPSA) is 80.5 Å². The number of rotatable bonds is 5. The lowest BCUT2D eigenvalue weighted by molar-refractivity contribution is -0.138. The molecule has 1 saturated carbocycles. The van der Waals surface area contributed by atoms with Crippen LogP contribution in [0.15, 0.2) is 12.2 Å². The predicted octanol–water partition coefficient (Wildman–Crippen LogP) is 0.882. The normalized spacial score (nSPS) is 28.0. The van der Waals surface area contributed by atoms with E-state index in [1.165, 1.54) is 17.1 Å². The van der Waals surface area contributed by atoms with Crippen molar-refractivity contribution in [2.45, 2.75) is 32.6 Å². The largest absolute Gasteiger partial charge is 0.330 e. The second kappa shape index (κ2) is 6.31. The minimum Gasteiger partial charge on any atom is -0.330 e. The fourth-order valence-corrected chi connectivity index (χ4v) is 3.02. The molecule has 1 aliphatic heterocycles. The van der Waals surface area contributed by atoms with Crippen molar-refractivity contribution < 1.29 is 14.4 Å². The van der Waals surface area contributed by atoms with E-state index in [4.69, 9.17) is 5.73 Å². The number of carbonyl (C=O) groups excluding carboxylic acids is 3. The SMILES string of the molecule is CC(CN)C(=O)C1CCC(CN2C(=O)C=CC2=O)CC1. The van der Waals surface area contributed by atoms with Crippen LogP contribution >= 0.6 is 0 Å². The fraction of sp³-hybridized carbons (Fsp3) is 0.667. The molecule has 20 heavy (non-hydrogen) atoms. The second-order valence-corrected chi connectivity index (χ2v) is 5.88. The Balaban J connectivity index is 1.81. The summed E-state index contributed by atoms with van der Waals surface area (Å²) in [6, 6.07) is 0. The van der Waals surface area contributed by atoms with E-state index in [1.807, 2.05) is 6.92 Å². The summed E-state index contributed by atoms with van der Waals surface area (Å²) >= 11 is 0. The Morgan fingerprint density at radius 1 is 1.25 bits per heavy atom. The number of amides is 2. The third-order valence-corrected chi connectivity index (χ3v) is 4.43. The number of nitrogens with zero attached hydrogens (tertiary/aromatic N) is 1. The van der Waals surface area contributed by atoms with Gasteiger partial charge in [-0.15, -0.1) is 0 Å². The number of nitrogens with two attached hydrogens (primary N) is 1. The van der Waals surface area contributed by atoms with Gasteiger partial charge < -0.3 is 5.73 Å². The van der Waals surface area contributed by atoms with Crippen LogP contribution in [0.4, 0.5) is 0 Å². The molecular formula is C15H22N2O3. The fourth-order valence-electron chi connectivity index (χ4n) is 3.02. The summed E-state index contributed by atoms with van der Waals surface area (Å²) in [5.41, 5.74) is 5.54. The van der Waals surface area contributed by atoms with Gasteiger partial charge in [-0.2, -0.15) is 0 Å². The highest BCUT2D eigenvalue weighted by molar-refractivity contribution is 6.12. The van der Waals surface area contributed by atoms with Crippen molar-refractivity contribution in [3.8, 4) is 0 Å².